The molecular formula is C15H21ClN2O. The maximum atomic E-state index is 6.33. The molecule has 1 N–H and O–H groups in total. The summed E-state index contributed by atoms with van der Waals surface area (Å²) in [5, 5.41) is 4.54. The minimum Gasteiger partial charge on any atom is -0.497 e. The lowest BCUT2D eigenvalue weighted by Crippen LogP contribution is -2.46. The summed E-state index contributed by atoms with van der Waals surface area (Å²) in [5.41, 5.74) is 1.10. The first kappa shape index (κ1) is 13.1. The third-order valence-electron chi connectivity index (χ3n) is 3.96. The largest absolute Gasteiger partial charge is 0.497 e. The van der Waals surface area contributed by atoms with Gasteiger partial charge in [-0.05, 0) is 37.8 Å². The molecule has 1 aromatic rings. The van der Waals surface area contributed by atoms with Crippen molar-refractivity contribution in [1.82, 2.24) is 5.32 Å². The smallest absolute Gasteiger partial charge is 0.121 e. The highest BCUT2D eigenvalue weighted by Crippen LogP contribution is 2.32. The predicted octanol–water partition coefficient (Wildman–Crippen LogP) is 3.07. The zero-order valence-electron chi connectivity index (χ0n) is 11.4. The molecule has 19 heavy (non-hydrogen) atoms. The molecule has 3 nitrogen and oxygen atoms in total. The van der Waals surface area contributed by atoms with Crippen LogP contribution in [-0.2, 0) is 0 Å². The molecule has 0 bridgehead atoms. The number of halogens is 1. The van der Waals surface area contributed by atoms with Crippen molar-refractivity contribution in [1.29, 1.82) is 0 Å². The van der Waals surface area contributed by atoms with Crippen molar-refractivity contribution in [3.63, 3.8) is 0 Å². The van der Waals surface area contributed by atoms with Crippen molar-refractivity contribution >= 4 is 17.3 Å². The number of nitrogens with zero attached hydrogens (tertiary/aromatic N) is 1. The van der Waals surface area contributed by atoms with Gasteiger partial charge >= 0.3 is 0 Å². The lowest BCUT2D eigenvalue weighted by Gasteiger charge is -2.35. The molecule has 1 heterocycles. The number of nitrogens with one attached hydrogen (secondary N) is 1. The highest BCUT2D eigenvalue weighted by Gasteiger charge is 2.28. The van der Waals surface area contributed by atoms with E-state index >= 15 is 0 Å². The summed E-state index contributed by atoms with van der Waals surface area (Å²) in [4.78, 5) is 2.38. The van der Waals surface area contributed by atoms with E-state index in [2.05, 4.69) is 10.2 Å². The summed E-state index contributed by atoms with van der Waals surface area (Å²) >= 11 is 6.33. The lowest BCUT2D eigenvalue weighted by atomic mass is 10.0. The Balaban J connectivity index is 1.72. The molecular weight excluding hydrogens is 260 g/mol. The van der Waals surface area contributed by atoms with Crippen LogP contribution in [0.4, 0.5) is 5.69 Å². The average molecular weight is 281 g/mol. The van der Waals surface area contributed by atoms with Crippen molar-refractivity contribution < 1.29 is 4.74 Å². The molecule has 1 aromatic carbocycles. The Bertz CT molecular complexity index is 448. The highest BCUT2D eigenvalue weighted by atomic mass is 35.5. The van der Waals surface area contributed by atoms with E-state index in [0.717, 1.165) is 35.6 Å². The summed E-state index contributed by atoms with van der Waals surface area (Å²) in [7, 11) is 1.70. The van der Waals surface area contributed by atoms with Gasteiger partial charge < -0.3 is 15.0 Å². The summed E-state index contributed by atoms with van der Waals surface area (Å²) in [6.07, 6.45) is 5.18. The van der Waals surface area contributed by atoms with Crippen LogP contribution in [-0.4, -0.2) is 32.3 Å². The topological polar surface area (TPSA) is 24.5 Å². The molecule has 4 heteroatoms. The first-order valence-corrected chi connectivity index (χ1v) is 7.48. The minimum absolute atomic E-state index is 0.600. The highest BCUT2D eigenvalue weighted by molar-refractivity contribution is 6.33. The van der Waals surface area contributed by atoms with E-state index in [9.17, 15) is 0 Å². The van der Waals surface area contributed by atoms with Gasteiger partial charge in [0.1, 0.15) is 5.75 Å². The second kappa shape index (κ2) is 5.59. The average Bonchev–Trinajstić information content (AvgIpc) is 3.23. The third kappa shape index (κ3) is 3.15. The number of ether oxygens (including phenoxy) is 1. The zero-order chi connectivity index (χ0) is 13.2. The molecule has 2 fully saturated rings. The second-order valence-electron chi connectivity index (χ2n) is 5.54. The van der Waals surface area contributed by atoms with Gasteiger partial charge in [-0.2, -0.15) is 0 Å². The van der Waals surface area contributed by atoms with Gasteiger partial charge in [0.25, 0.3) is 0 Å². The van der Waals surface area contributed by atoms with Gasteiger partial charge in [0, 0.05) is 31.2 Å². The number of methoxy groups -OCH3 is 1. The van der Waals surface area contributed by atoms with Gasteiger partial charge in [-0.1, -0.05) is 11.6 Å². The van der Waals surface area contributed by atoms with E-state index in [4.69, 9.17) is 16.3 Å². The fraction of sp³-hybridized carbons (Fsp3) is 0.600. The van der Waals surface area contributed by atoms with Crippen molar-refractivity contribution in [3.05, 3.63) is 23.2 Å². The molecule has 1 aliphatic carbocycles. The summed E-state index contributed by atoms with van der Waals surface area (Å²) in [6, 6.07) is 7.25. The van der Waals surface area contributed by atoms with Crippen LogP contribution in [0.15, 0.2) is 18.2 Å². The molecule has 1 saturated heterocycles. The molecule has 0 spiro atoms. The van der Waals surface area contributed by atoms with Crippen LogP contribution < -0.4 is 15.0 Å². The van der Waals surface area contributed by atoms with Crippen LogP contribution in [0.3, 0.4) is 0 Å². The van der Waals surface area contributed by atoms with Gasteiger partial charge in [-0.15, -0.1) is 0 Å². The Labute approximate surface area is 119 Å². The van der Waals surface area contributed by atoms with Crippen LogP contribution in [0, 0.1) is 0 Å². The van der Waals surface area contributed by atoms with Crippen LogP contribution in [0.2, 0.25) is 5.02 Å². The molecule has 2 aliphatic rings. The number of anilines is 1. The Morgan fingerprint density at radius 1 is 1.26 bits per heavy atom. The van der Waals surface area contributed by atoms with E-state index in [1.807, 2.05) is 18.2 Å². The fourth-order valence-electron chi connectivity index (χ4n) is 2.78. The fourth-order valence-corrected chi connectivity index (χ4v) is 3.01. The van der Waals surface area contributed by atoms with Crippen molar-refractivity contribution in [2.45, 2.75) is 37.8 Å². The number of rotatable bonds is 4. The summed E-state index contributed by atoms with van der Waals surface area (Å²) < 4.78 is 5.30. The standard InChI is InChI=1S/C15H21ClN2O/c1-19-13-6-7-14(16)15(9-13)18-8-2-3-12(10-18)17-11-4-5-11/h6-7,9,11-12,17H,2-5,8,10H2,1H3. The molecule has 0 aromatic heterocycles. The van der Waals surface area contributed by atoms with Gasteiger partial charge in [-0.25, -0.2) is 0 Å². The molecule has 0 radical (unpaired) electrons. The van der Waals surface area contributed by atoms with E-state index in [1.54, 1.807) is 7.11 Å². The van der Waals surface area contributed by atoms with Crippen molar-refractivity contribution in [2.75, 3.05) is 25.1 Å². The second-order valence-corrected chi connectivity index (χ2v) is 5.95. The quantitative estimate of drug-likeness (QED) is 0.917. The number of hydrogen-bond donors (Lipinski definition) is 1. The molecule has 1 atom stereocenters. The summed E-state index contributed by atoms with van der Waals surface area (Å²) in [6.45, 7) is 2.12. The van der Waals surface area contributed by atoms with Gasteiger partial charge in [-0.3, -0.25) is 0 Å². The molecule has 1 unspecified atom stereocenters. The van der Waals surface area contributed by atoms with Crippen LogP contribution >= 0.6 is 11.6 Å². The number of piperidine rings is 1. The van der Waals surface area contributed by atoms with Gasteiger partial charge in [0.2, 0.25) is 0 Å². The third-order valence-corrected chi connectivity index (χ3v) is 4.28. The Morgan fingerprint density at radius 3 is 2.84 bits per heavy atom. The Hall–Kier alpha value is -0.930. The molecule has 0 amide bonds. The first-order valence-electron chi connectivity index (χ1n) is 7.11. The van der Waals surface area contributed by atoms with Crippen LogP contribution in [0.5, 0.6) is 5.75 Å². The SMILES string of the molecule is COc1ccc(Cl)c(N2CCCC(NC3CC3)C2)c1. The van der Waals surface area contributed by atoms with Gasteiger partial charge in [0.05, 0.1) is 17.8 Å². The molecule has 104 valence electrons. The first-order chi connectivity index (χ1) is 9.26. The van der Waals surface area contributed by atoms with E-state index < -0.39 is 0 Å². The number of benzene rings is 1. The summed E-state index contributed by atoms with van der Waals surface area (Å²) in [5.74, 6) is 0.872. The molecule has 3 rings (SSSR count). The maximum absolute atomic E-state index is 6.33. The number of hydrogen-bond acceptors (Lipinski definition) is 3. The molecule has 1 saturated carbocycles. The van der Waals surface area contributed by atoms with Crippen molar-refractivity contribution in [2.24, 2.45) is 0 Å². The van der Waals surface area contributed by atoms with Gasteiger partial charge in [0.15, 0.2) is 0 Å². The minimum atomic E-state index is 0.600. The monoisotopic (exact) mass is 280 g/mol. The molecule has 1 aliphatic heterocycles. The zero-order valence-corrected chi connectivity index (χ0v) is 12.1. The van der Waals surface area contributed by atoms with Crippen LogP contribution in [0.1, 0.15) is 25.7 Å². The maximum Gasteiger partial charge on any atom is 0.121 e. The van der Waals surface area contributed by atoms with E-state index in [-0.39, 0.29) is 0 Å². The van der Waals surface area contributed by atoms with Crippen molar-refractivity contribution in [3.8, 4) is 5.75 Å². The lowest BCUT2D eigenvalue weighted by molar-refractivity contribution is 0.411. The van der Waals surface area contributed by atoms with Crippen LogP contribution in [0.25, 0.3) is 0 Å². The normalized spacial score (nSPS) is 23.5. The van der Waals surface area contributed by atoms with E-state index in [0.29, 0.717) is 6.04 Å². The Kier molecular flexibility index (Phi) is 3.85. The predicted molar refractivity (Wildman–Crippen MR) is 79.4 cm³/mol. The Morgan fingerprint density at radius 2 is 2.11 bits per heavy atom. The van der Waals surface area contributed by atoms with E-state index in [1.165, 1.54) is 25.7 Å².